The summed E-state index contributed by atoms with van der Waals surface area (Å²) in [6.07, 6.45) is 5.56. The highest BCUT2D eigenvalue weighted by Crippen LogP contribution is 2.53. The van der Waals surface area contributed by atoms with Gasteiger partial charge in [-0.3, -0.25) is 0 Å². The zero-order valence-electron chi connectivity index (χ0n) is 16.8. The van der Waals surface area contributed by atoms with Gasteiger partial charge in [-0.25, -0.2) is 4.39 Å². The van der Waals surface area contributed by atoms with Gasteiger partial charge in [0.2, 0.25) is 0 Å². The predicted molar refractivity (Wildman–Crippen MR) is 111 cm³/mol. The van der Waals surface area contributed by atoms with E-state index in [0.29, 0.717) is 6.61 Å². The molecule has 0 spiro atoms. The van der Waals surface area contributed by atoms with Crippen molar-refractivity contribution in [3.05, 3.63) is 65.0 Å². The van der Waals surface area contributed by atoms with E-state index in [-0.39, 0.29) is 17.3 Å². The molecule has 4 heteroatoms. The van der Waals surface area contributed by atoms with Gasteiger partial charge in [0, 0.05) is 18.0 Å². The topological polar surface area (TPSA) is 33.3 Å². The van der Waals surface area contributed by atoms with Crippen LogP contribution < -0.4 is 15.4 Å². The first-order chi connectivity index (χ1) is 13.7. The van der Waals surface area contributed by atoms with Crippen LogP contribution in [0.1, 0.15) is 55.3 Å². The summed E-state index contributed by atoms with van der Waals surface area (Å²) in [6.45, 7) is 5.69. The number of nitrogens with one attached hydrogen (secondary N) is 2. The SMILES string of the molecule is CCCNCCOc1ccc2c(c1)C(C1(c3cccc(F)c3)CCC1)NCC2. The summed E-state index contributed by atoms with van der Waals surface area (Å²) in [5, 5.41) is 7.13. The van der Waals surface area contributed by atoms with E-state index >= 15 is 0 Å². The van der Waals surface area contributed by atoms with Crippen molar-refractivity contribution in [3.8, 4) is 5.75 Å². The Balaban J connectivity index is 1.58. The van der Waals surface area contributed by atoms with Gasteiger partial charge in [-0.2, -0.15) is 0 Å². The van der Waals surface area contributed by atoms with Gasteiger partial charge >= 0.3 is 0 Å². The van der Waals surface area contributed by atoms with Crippen molar-refractivity contribution in [2.75, 3.05) is 26.2 Å². The van der Waals surface area contributed by atoms with Gasteiger partial charge in [0.05, 0.1) is 0 Å². The molecule has 3 nitrogen and oxygen atoms in total. The lowest BCUT2D eigenvalue weighted by molar-refractivity contribution is 0.164. The zero-order chi connectivity index (χ0) is 19.4. The Bertz CT molecular complexity index is 803. The molecular formula is C24H31FN2O. The van der Waals surface area contributed by atoms with Crippen LogP contribution in [0.25, 0.3) is 0 Å². The van der Waals surface area contributed by atoms with Crippen LogP contribution >= 0.6 is 0 Å². The van der Waals surface area contributed by atoms with Crippen LogP contribution in [-0.2, 0) is 11.8 Å². The van der Waals surface area contributed by atoms with Crippen LogP contribution in [0.5, 0.6) is 5.75 Å². The summed E-state index contributed by atoms with van der Waals surface area (Å²) in [4.78, 5) is 0. The number of hydrogen-bond donors (Lipinski definition) is 2. The third-order valence-electron chi connectivity index (χ3n) is 6.34. The van der Waals surface area contributed by atoms with Crippen molar-refractivity contribution in [3.63, 3.8) is 0 Å². The monoisotopic (exact) mass is 382 g/mol. The molecule has 4 rings (SSSR count). The number of rotatable bonds is 8. The third-order valence-corrected chi connectivity index (χ3v) is 6.34. The lowest BCUT2D eigenvalue weighted by atomic mass is 9.58. The fourth-order valence-corrected chi connectivity index (χ4v) is 4.76. The van der Waals surface area contributed by atoms with E-state index in [1.807, 2.05) is 6.07 Å². The standard InChI is InChI=1S/C24H31FN2O/c1-2-12-26-14-15-28-21-8-7-18-9-13-27-23(22(18)17-21)24(10-4-11-24)19-5-3-6-20(25)16-19/h3,5-8,16-17,23,26-27H,2,4,9-15H2,1H3. The van der Waals surface area contributed by atoms with E-state index in [4.69, 9.17) is 4.74 Å². The molecule has 2 aromatic carbocycles. The van der Waals surface area contributed by atoms with Gasteiger partial charge in [0.15, 0.2) is 0 Å². The highest BCUT2D eigenvalue weighted by Gasteiger charge is 2.47. The van der Waals surface area contributed by atoms with E-state index in [2.05, 4.69) is 41.8 Å². The van der Waals surface area contributed by atoms with Crippen LogP contribution in [0, 0.1) is 5.82 Å². The number of halogens is 1. The average molecular weight is 383 g/mol. The fourth-order valence-electron chi connectivity index (χ4n) is 4.76. The van der Waals surface area contributed by atoms with E-state index in [1.165, 1.54) is 23.6 Å². The van der Waals surface area contributed by atoms with Crippen LogP contribution in [0.4, 0.5) is 4.39 Å². The molecule has 2 N–H and O–H groups in total. The van der Waals surface area contributed by atoms with Crippen molar-refractivity contribution < 1.29 is 9.13 Å². The fraction of sp³-hybridized carbons (Fsp3) is 0.500. The molecule has 1 saturated carbocycles. The molecule has 0 amide bonds. The van der Waals surface area contributed by atoms with E-state index in [0.717, 1.165) is 56.6 Å². The zero-order valence-corrected chi connectivity index (χ0v) is 16.8. The van der Waals surface area contributed by atoms with Gasteiger partial charge in [-0.1, -0.05) is 31.5 Å². The largest absolute Gasteiger partial charge is 0.492 e. The molecule has 1 aliphatic heterocycles. The normalized spacial score (nSPS) is 20.3. The minimum atomic E-state index is -0.142. The quantitative estimate of drug-likeness (QED) is 0.659. The lowest BCUT2D eigenvalue weighted by Crippen LogP contribution is -2.49. The highest BCUT2D eigenvalue weighted by molar-refractivity contribution is 5.44. The van der Waals surface area contributed by atoms with Gasteiger partial charge < -0.3 is 15.4 Å². The second-order valence-electron chi connectivity index (χ2n) is 8.12. The first kappa shape index (κ1) is 19.4. The molecule has 1 heterocycles. The average Bonchev–Trinajstić information content (AvgIpc) is 2.67. The number of fused-ring (bicyclic) bond motifs is 1. The number of hydrogen-bond acceptors (Lipinski definition) is 3. The molecule has 0 saturated heterocycles. The Kier molecular flexibility index (Phi) is 5.98. The van der Waals surface area contributed by atoms with Crippen molar-refractivity contribution in [2.45, 2.75) is 50.5 Å². The number of ether oxygens (including phenoxy) is 1. The third kappa shape index (κ3) is 3.81. The van der Waals surface area contributed by atoms with Crippen molar-refractivity contribution in [1.82, 2.24) is 10.6 Å². The van der Waals surface area contributed by atoms with Crippen molar-refractivity contribution in [1.29, 1.82) is 0 Å². The first-order valence-corrected chi connectivity index (χ1v) is 10.7. The molecule has 1 fully saturated rings. The Labute approximate surface area is 167 Å². The summed E-state index contributed by atoms with van der Waals surface area (Å²) >= 11 is 0. The molecule has 1 atom stereocenters. The Morgan fingerprint density at radius 2 is 2.07 bits per heavy atom. The first-order valence-electron chi connectivity index (χ1n) is 10.7. The molecule has 1 aliphatic carbocycles. The molecule has 0 bridgehead atoms. The second-order valence-corrected chi connectivity index (χ2v) is 8.12. The Morgan fingerprint density at radius 3 is 2.82 bits per heavy atom. The Hall–Kier alpha value is -1.91. The van der Waals surface area contributed by atoms with Gasteiger partial charge in [0.1, 0.15) is 18.2 Å². The molecule has 0 aromatic heterocycles. The second kappa shape index (κ2) is 8.62. The van der Waals surface area contributed by atoms with Gasteiger partial charge in [0.25, 0.3) is 0 Å². The molecular weight excluding hydrogens is 351 g/mol. The highest BCUT2D eigenvalue weighted by atomic mass is 19.1. The maximum Gasteiger partial charge on any atom is 0.123 e. The minimum absolute atomic E-state index is 0.0153. The van der Waals surface area contributed by atoms with Crippen LogP contribution in [0.15, 0.2) is 42.5 Å². The smallest absolute Gasteiger partial charge is 0.123 e. The van der Waals surface area contributed by atoms with Gasteiger partial charge in [-0.05, 0) is 79.7 Å². The lowest BCUT2D eigenvalue weighted by Gasteiger charge is -2.50. The molecule has 2 aromatic rings. The summed E-state index contributed by atoms with van der Waals surface area (Å²) in [6, 6.07) is 14.0. The number of benzene rings is 2. The molecule has 1 unspecified atom stereocenters. The predicted octanol–water partition coefficient (Wildman–Crippen LogP) is 4.51. The molecule has 150 valence electrons. The van der Waals surface area contributed by atoms with Crippen LogP contribution in [0.2, 0.25) is 0 Å². The van der Waals surface area contributed by atoms with Crippen molar-refractivity contribution in [2.24, 2.45) is 0 Å². The Morgan fingerprint density at radius 1 is 1.18 bits per heavy atom. The van der Waals surface area contributed by atoms with Crippen molar-refractivity contribution >= 4 is 0 Å². The maximum atomic E-state index is 14.0. The van der Waals surface area contributed by atoms with Crippen LogP contribution in [0.3, 0.4) is 0 Å². The minimum Gasteiger partial charge on any atom is -0.492 e. The van der Waals surface area contributed by atoms with E-state index in [1.54, 1.807) is 6.07 Å². The van der Waals surface area contributed by atoms with Gasteiger partial charge in [-0.15, -0.1) is 0 Å². The molecule has 0 radical (unpaired) electrons. The maximum absolute atomic E-state index is 14.0. The summed E-state index contributed by atoms with van der Waals surface area (Å²) in [5.74, 6) is 0.788. The van der Waals surface area contributed by atoms with E-state index in [9.17, 15) is 4.39 Å². The molecule has 28 heavy (non-hydrogen) atoms. The molecule has 2 aliphatic rings. The summed E-state index contributed by atoms with van der Waals surface area (Å²) < 4.78 is 20.0. The van der Waals surface area contributed by atoms with E-state index < -0.39 is 0 Å². The summed E-state index contributed by atoms with van der Waals surface area (Å²) in [5.41, 5.74) is 3.83. The van der Waals surface area contributed by atoms with Crippen LogP contribution in [-0.4, -0.2) is 26.2 Å². The summed E-state index contributed by atoms with van der Waals surface area (Å²) in [7, 11) is 0.